The summed E-state index contributed by atoms with van der Waals surface area (Å²) in [6, 6.07) is 0.558. The quantitative estimate of drug-likeness (QED) is 0.823. The molecule has 1 N–H and O–H groups in total. The van der Waals surface area contributed by atoms with E-state index in [4.69, 9.17) is 11.6 Å². The minimum atomic E-state index is 0.558. The highest BCUT2D eigenvalue weighted by Gasteiger charge is 2.16. The van der Waals surface area contributed by atoms with Crippen molar-refractivity contribution < 1.29 is 0 Å². The van der Waals surface area contributed by atoms with Crippen LogP contribution in [0.15, 0.2) is 0 Å². The van der Waals surface area contributed by atoms with E-state index in [0.29, 0.717) is 12.0 Å². The fourth-order valence-electron chi connectivity index (χ4n) is 2.51. The molecule has 4 heteroatoms. The average molecular weight is 272 g/mol. The van der Waals surface area contributed by atoms with Crippen LogP contribution in [-0.2, 0) is 13.0 Å². The zero-order valence-electron chi connectivity index (χ0n) is 12.3. The normalized spacial score (nSPS) is 14.8. The Kier molecular flexibility index (Phi) is 6.16. The summed E-state index contributed by atoms with van der Waals surface area (Å²) in [5.41, 5.74) is 2.13. The molecule has 0 saturated heterocycles. The maximum atomic E-state index is 6.34. The molecular weight excluding hydrogens is 246 g/mol. The SMILES string of the molecule is CCNC(C)CC(C)Cc1c(Cl)c(C)nn1CC. The summed E-state index contributed by atoms with van der Waals surface area (Å²) in [6.07, 6.45) is 2.17. The Balaban J connectivity index is 2.66. The van der Waals surface area contributed by atoms with Gasteiger partial charge in [0.15, 0.2) is 0 Å². The molecule has 0 amide bonds. The first-order chi connectivity index (χ1) is 8.49. The standard InChI is InChI=1S/C14H26ClN3/c1-6-16-11(4)8-10(3)9-13-14(15)12(5)17-18(13)7-2/h10-11,16H,6-9H2,1-5H3. The van der Waals surface area contributed by atoms with Crippen LogP contribution in [0.25, 0.3) is 0 Å². The van der Waals surface area contributed by atoms with Gasteiger partial charge in [-0.15, -0.1) is 0 Å². The van der Waals surface area contributed by atoms with E-state index in [2.05, 4.69) is 38.1 Å². The van der Waals surface area contributed by atoms with Crippen molar-refractivity contribution >= 4 is 11.6 Å². The first kappa shape index (κ1) is 15.5. The zero-order chi connectivity index (χ0) is 13.7. The summed E-state index contributed by atoms with van der Waals surface area (Å²) < 4.78 is 2.03. The summed E-state index contributed by atoms with van der Waals surface area (Å²) in [4.78, 5) is 0. The first-order valence-electron chi connectivity index (χ1n) is 6.94. The Morgan fingerprint density at radius 1 is 1.33 bits per heavy atom. The van der Waals surface area contributed by atoms with Gasteiger partial charge >= 0.3 is 0 Å². The first-order valence-corrected chi connectivity index (χ1v) is 7.32. The van der Waals surface area contributed by atoms with Gasteiger partial charge in [-0.3, -0.25) is 4.68 Å². The monoisotopic (exact) mass is 271 g/mol. The Morgan fingerprint density at radius 2 is 2.00 bits per heavy atom. The van der Waals surface area contributed by atoms with Gasteiger partial charge in [0.2, 0.25) is 0 Å². The second kappa shape index (κ2) is 7.15. The van der Waals surface area contributed by atoms with E-state index in [1.165, 1.54) is 5.69 Å². The van der Waals surface area contributed by atoms with Crippen LogP contribution < -0.4 is 5.32 Å². The van der Waals surface area contributed by atoms with Crippen molar-refractivity contribution in [1.29, 1.82) is 0 Å². The Hall–Kier alpha value is -0.540. The highest BCUT2D eigenvalue weighted by Crippen LogP contribution is 2.24. The molecule has 2 atom stereocenters. The van der Waals surface area contributed by atoms with Gasteiger partial charge in [-0.05, 0) is 46.1 Å². The Bertz CT molecular complexity index is 373. The molecule has 0 aromatic carbocycles. The van der Waals surface area contributed by atoms with Gasteiger partial charge in [-0.25, -0.2) is 0 Å². The maximum absolute atomic E-state index is 6.34. The van der Waals surface area contributed by atoms with Gasteiger partial charge in [0, 0.05) is 12.6 Å². The Labute approximate surface area is 116 Å². The molecule has 1 aromatic heterocycles. The van der Waals surface area contributed by atoms with Crippen LogP contribution in [0.5, 0.6) is 0 Å². The molecular formula is C14H26ClN3. The predicted molar refractivity (Wildman–Crippen MR) is 78.3 cm³/mol. The van der Waals surface area contributed by atoms with Gasteiger partial charge in [0.05, 0.1) is 16.4 Å². The second-order valence-corrected chi connectivity index (χ2v) is 5.54. The van der Waals surface area contributed by atoms with Crippen LogP contribution in [0.4, 0.5) is 0 Å². The van der Waals surface area contributed by atoms with E-state index in [1.807, 2.05) is 11.6 Å². The Morgan fingerprint density at radius 3 is 2.56 bits per heavy atom. The molecule has 0 saturated carbocycles. The van der Waals surface area contributed by atoms with Crippen molar-refractivity contribution in [2.24, 2.45) is 5.92 Å². The largest absolute Gasteiger partial charge is 0.315 e. The van der Waals surface area contributed by atoms with Crippen LogP contribution in [0.2, 0.25) is 5.02 Å². The lowest BCUT2D eigenvalue weighted by atomic mass is 9.97. The van der Waals surface area contributed by atoms with Crippen molar-refractivity contribution in [2.75, 3.05) is 6.54 Å². The number of hydrogen-bond acceptors (Lipinski definition) is 2. The number of aromatic nitrogens is 2. The molecule has 2 unspecified atom stereocenters. The van der Waals surface area contributed by atoms with E-state index >= 15 is 0 Å². The molecule has 3 nitrogen and oxygen atoms in total. The van der Waals surface area contributed by atoms with Crippen molar-refractivity contribution in [2.45, 2.75) is 60.0 Å². The summed E-state index contributed by atoms with van der Waals surface area (Å²) in [5.74, 6) is 0.609. The molecule has 1 heterocycles. The summed E-state index contributed by atoms with van der Waals surface area (Å²) in [6.45, 7) is 12.7. The summed E-state index contributed by atoms with van der Waals surface area (Å²) in [7, 11) is 0. The van der Waals surface area contributed by atoms with Gasteiger partial charge in [0.1, 0.15) is 0 Å². The molecule has 0 aliphatic rings. The molecule has 0 bridgehead atoms. The van der Waals surface area contributed by atoms with Crippen LogP contribution >= 0.6 is 11.6 Å². The van der Waals surface area contributed by atoms with Crippen LogP contribution in [0, 0.1) is 12.8 Å². The van der Waals surface area contributed by atoms with Crippen molar-refractivity contribution in [1.82, 2.24) is 15.1 Å². The number of hydrogen-bond donors (Lipinski definition) is 1. The van der Waals surface area contributed by atoms with Gasteiger partial charge < -0.3 is 5.32 Å². The molecule has 0 aliphatic carbocycles. The molecule has 0 fully saturated rings. The lowest BCUT2D eigenvalue weighted by molar-refractivity contribution is 0.416. The van der Waals surface area contributed by atoms with E-state index < -0.39 is 0 Å². The summed E-state index contributed by atoms with van der Waals surface area (Å²) in [5, 5.41) is 8.77. The van der Waals surface area contributed by atoms with Gasteiger partial charge in [-0.2, -0.15) is 5.10 Å². The predicted octanol–water partition coefficient (Wildman–Crippen LogP) is 3.43. The third-order valence-electron chi connectivity index (χ3n) is 3.30. The topological polar surface area (TPSA) is 29.9 Å². The number of nitrogens with zero attached hydrogens (tertiary/aromatic N) is 2. The second-order valence-electron chi connectivity index (χ2n) is 5.17. The number of nitrogens with one attached hydrogen (secondary N) is 1. The summed E-state index contributed by atoms with van der Waals surface area (Å²) >= 11 is 6.34. The molecule has 0 spiro atoms. The van der Waals surface area contributed by atoms with Crippen LogP contribution in [-0.4, -0.2) is 22.4 Å². The van der Waals surface area contributed by atoms with E-state index in [-0.39, 0.29) is 0 Å². The highest BCUT2D eigenvalue weighted by atomic mass is 35.5. The molecule has 0 radical (unpaired) electrons. The third-order valence-corrected chi connectivity index (χ3v) is 3.79. The van der Waals surface area contributed by atoms with Crippen molar-refractivity contribution in [3.8, 4) is 0 Å². The maximum Gasteiger partial charge on any atom is 0.0847 e. The molecule has 1 aromatic rings. The fraction of sp³-hybridized carbons (Fsp3) is 0.786. The molecule has 18 heavy (non-hydrogen) atoms. The van der Waals surface area contributed by atoms with Crippen LogP contribution in [0.3, 0.4) is 0 Å². The smallest absolute Gasteiger partial charge is 0.0847 e. The van der Waals surface area contributed by atoms with E-state index in [0.717, 1.165) is 36.6 Å². The number of halogens is 1. The van der Waals surface area contributed by atoms with Crippen molar-refractivity contribution in [3.63, 3.8) is 0 Å². The van der Waals surface area contributed by atoms with Gasteiger partial charge in [0.25, 0.3) is 0 Å². The van der Waals surface area contributed by atoms with Crippen molar-refractivity contribution in [3.05, 3.63) is 16.4 Å². The van der Waals surface area contributed by atoms with E-state index in [1.54, 1.807) is 0 Å². The van der Waals surface area contributed by atoms with Gasteiger partial charge in [-0.1, -0.05) is 25.4 Å². The highest BCUT2D eigenvalue weighted by molar-refractivity contribution is 6.31. The van der Waals surface area contributed by atoms with E-state index in [9.17, 15) is 0 Å². The lowest BCUT2D eigenvalue weighted by Gasteiger charge is -2.18. The molecule has 0 aliphatic heterocycles. The lowest BCUT2D eigenvalue weighted by Crippen LogP contribution is -2.28. The minimum absolute atomic E-state index is 0.558. The van der Waals surface area contributed by atoms with Crippen LogP contribution in [0.1, 0.15) is 45.5 Å². The number of rotatable bonds is 7. The minimum Gasteiger partial charge on any atom is -0.315 e. The average Bonchev–Trinajstić information content (AvgIpc) is 2.57. The number of aryl methyl sites for hydroxylation is 2. The molecule has 1 rings (SSSR count). The fourth-order valence-corrected chi connectivity index (χ4v) is 2.73. The molecule has 104 valence electrons. The zero-order valence-corrected chi connectivity index (χ0v) is 13.0. The third kappa shape index (κ3) is 3.99.